The van der Waals surface area contributed by atoms with Crippen LogP contribution in [0.1, 0.15) is 19.3 Å². The molecule has 1 heterocycles. The van der Waals surface area contributed by atoms with Gasteiger partial charge in [-0.1, -0.05) is 12.5 Å². The summed E-state index contributed by atoms with van der Waals surface area (Å²) in [6.45, 7) is 0. The Morgan fingerprint density at radius 1 is 1.38 bits per heavy atom. The first kappa shape index (κ1) is 15.2. The molecule has 1 saturated heterocycles. The van der Waals surface area contributed by atoms with Crippen molar-refractivity contribution >= 4 is 27.1 Å². The number of hydrogen-bond donors (Lipinski definition) is 2. The number of carbonyl (C=O) groups excluding carboxylic acids is 1. The van der Waals surface area contributed by atoms with Gasteiger partial charge in [0.15, 0.2) is 15.5 Å². The van der Waals surface area contributed by atoms with Gasteiger partial charge in [0, 0.05) is 6.07 Å². The third kappa shape index (κ3) is 3.13. The van der Waals surface area contributed by atoms with Gasteiger partial charge >= 0.3 is 0 Å². The molecule has 1 aliphatic heterocycles. The average Bonchev–Trinajstić information content (AvgIpc) is 2.40. The molecule has 0 saturated carbocycles. The molecule has 1 aromatic rings. The lowest BCUT2D eigenvalue weighted by atomic mass is 10.1. The van der Waals surface area contributed by atoms with E-state index in [-0.39, 0.29) is 17.9 Å². The monoisotopic (exact) mass is 314 g/mol. The number of phenols is 1. The summed E-state index contributed by atoms with van der Waals surface area (Å²) in [5, 5.41) is 21.5. The second-order valence-electron chi connectivity index (χ2n) is 4.77. The van der Waals surface area contributed by atoms with E-state index in [2.05, 4.69) is 5.32 Å². The number of carbonyl (C=O) groups is 1. The minimum Gasteiger partial charge on any atom is -0.505 e. The van der Waals surface area contributed by atoms with Crippen LogP contribution in [0.2, 0.25) is 0 Å². The van der Waals surface area contributed by atoms with E-state index in [0.29, 0.717) is 12.8 Å². The smallest absolute Gasteiger partial charge is 0.296 e. The molecule has 0 bridgehead atoms. The summed E-state index contributed by atoms with van der Waals surface area (Å²) in [6, 6.07) is 3.56. The lowest BCUT2D eigenvalue weighted by molar-refractivity contribution is -0.384. The number of aromatic hydroxyl groups is 1. The Morgan fingerprint density at radius 3 is 2.71 bits per heavy atom. The highest BCUT2D eigenvalue weighted by molar-refractivity contribution is 7.92. The summed E-state index contributed by atoms with van der Waals surface area (Å²) in [4.78, 5) is 22.2. The fourth-order valence-corrected chi connectivity index (χ4v) is 4.06. The SMILES string of the molecule is O=C(Nc1c(O)cccc1[N+](=O)[O-])C1CCCCS1(=O)=O. The molecule has 1 amide bonds. The summed E-state index contributed by atoms with van der Waals surface area (Å²) < 4.78 is 23.7. The molecule has 0 aromatic heterocycles. The Hall–Kier alpha value is -2.16. The third-order valence-corrected chi connectivity index (χ3v) is 5.51. The maximum Gasteiger partial charge on any atom is 0.296 e. The second-order valence-corrected chi connectivity index (χ2v) is 7.07. The summed E-state index contributed by atoms with van der Waals surface area (Å²) >= 11 is 0. The van der Waals surface area contributed by atoms with Crippen LogP contribution in [0.4, 0.5) is 11.4 Å². The van der Waals surface area contributed by atoms with Gasteiger partial charge in [-0.2, -0.15) is 0 Å². The van der Waals surface area contributed by atoms with Crippen LogP contribution in [0.3, 0.4) is 0 Å². The van der Waals surface area contributed by atoms with E-state index >= 15 is 0 Å². The van der Waals surface area contributed by atoms with Gasteiger partial charge in [0.2, 0.25) is 5.91 Å². The van der Waals surface area contributed by atoms with Gasteiger partial charge in [0.05, 0.1) is 10.7 Å². The van der Waals surface area contributed by atoms with Crippen molar-refractivity contribution in [1.29, 1.82) is 0 Å². The molecule has 9 heteroatoms. The highest BCUT2D eigenvalue weighted by Crippen LogP contribution is 2.34. The number of hydrogen-bond acceptors (Lipinski definition) is 6. The van der Waals surface area contributed by atoms with Gasteiger partial charge in [0.1, 0.15) is 11.0 Å². The van der Waals surface area contributed by atoms with Crippen molar-refractivity contribution < 1.29 is 23.2 Å². The van der Waals surface area contributed by atoms with Crippen LogP contribution in [0, 0.1) is 10.1 Å². The Kier molecular flexibility index (Phi) is 4.12. The zero-order valence-corrected chi connectivity index (χ0v) is 11.8. The van der Waals surface area contributed by atoms with Crippen LogP contribution in [0.15, 0.2) is 18.2 Å². The minimum atomic E-state index is -3.55. The zero-order chi connectivity index (χ0) is 15.6. The number of sulfone groups is 1. The van der Waals surface area contributed by atoms with E-state index in [1.165, 1.54) is 12.1 Å². The fraction of sp³-hybridized carbons (Fsp3) is 0.417. The number of nitro benzene ring substituents is 1. The minimum absolute atomic E-state index is 0.0754. The van der Waals surface area contributed by atoms with Gasteiger partial charge in [-0.3, -0.25) is 14.9 Å². The molecule has 0 spiro atoms. The lowest BCUT2D eigenvalue weighted by Crippen LogP contribution is -2.39. The van der Waals surface area contributed by atoms with Crippen LogP contribution < -0.4 is 5.32 Å². The standard InChI is InChI=1S/C12H14N2O6S/c15-9-5-3-4-8(14(17)18)11(9)13-12(16)10-6-1-2-7-21(10,19)20/h3-5,10,15H,1-2,6-7H2,(H,13,16). The van der Waals surface area contributed by atoms with Crippen LogP contribution in [0.5, 0.6) is 5.75 Å². The lowest BCUT2D eigenvalue weighted by Gasteiger charge is -2.21. The summed E-state index contributed by atoms with van der Waals surface area (Å²) in [7, 11) is -3.55. The van der Waals surface area contributed by atoms with E-state index in [0.717, 1.165) is 6.07 Å². The Bertz CT molecular complexity index is 685. The molecule has 2 N–H and O–H groups in total. The number of benzene rings is 1. The van der Waals surface area contributed by atoms with E-state index in [1.54, 1.807) is 0 Å². The maximum absolute atomic E-state index is 12.1. The van der Waals surface area contributed by atoms with E-state index in [4.69, 9.17) is 0 Å². The first-order chi connectivity index (χ1) is 9.83. The first-order valence-electron chi connectivity index (χ1n) is 6.32. The topological polar surface area (TPSA) is 127 Å². The van der Waals surface area contributed by atoms with Crippen molar-refractivity contribution in [1.82, 2.24) is 0 Å². The van der Waals surface area contributed by atoms with Crippen molar-refractivity contribution in [2.24, 2.45) is 0 Å². The van der Waals surface area contributed by atoms with Gasteiger partial charge in [-0.25, -0.2) is 8.42 Å². The second kappa shape index (κ2) is 5.68. The molecule has 8 nitrogen and oxygen atoms in total. The Balaban J connectivity index is 2.30. The zero-order valence-electron chi connectivity index (χ0n) is 11.0. The first-order valence-corrected chi connectivity index (χ1v) is 8.03. The molecule has 114 valence electrons. The number of phenolic OH excluding ortho intramolecular Hbond substituents is 1. The molecule has 21 heavy (non-hydrogen) atoms. The molecule has 0 radical (unpaired) electrons. The number of para-hydroxylation sites is 1. The van der Waals surface area contributed by atoms with Gasteiger partial charge in [-0.05, 0) is 18.9 Å². The van der Waals surface area contributed by atoms with Crippen LogP contribution in [-0.4, -0.2) is 35.4 Å². The number of rotatable bonds is 3. The highest BCUT2D eigenvalue weighted by Gasteiger charge is 2.36. The predicted molar refractivity (Wildman–Crippen MR) is 74.8 cm³/mol. The van der Waals surface area contributed by atoms with E-state index in [1.807, 2.05) is 0 Å². The molecule has 1 fully saturated rings. The quantitative estimate of drug-likeness (QED) is 0.490. The fourth-order valence-electron chi connectivity index (χ4n) is 2.26. The number of nitrogens with zero attached hydrogens (tertiary/aromatic N) is 1. The predicted octanol–water partition coefficient (Wildman–Crippen LogP) is 1.21. The summed E-state index contributed by atoms with van der Waals surface area (Å²) in [6.07, 6.45) is 1.28. The van der Waals surface area contributed by atoms with Crippen molar-refractivity contribution in [2.75, 3.05) is 11.1 Å². The van der Waals surface area contributed by atoms with Gasteiger partial charge in [-0.15, -0.1) is 0 Å². The molecule has 1 aliphatic rings. The van der Waals surface area contributed by atoms with Gasteiger partial charge in [0.25, 0.3) is 5.69 Å². The molecule has 2 rings (SSSR count). The van der Waals surface area contributed by atoms with Crippen molar-refractivity contribution in [3.8, 4) is 5.75 Å². The van der Waals surface area contributed by atoms with Crippen LogP contribution >= 0.6 is 0 Å². The van der Waals surface area contributed by atoms with Crippen molar-refractivity contribution in [2.45, 2.75) is 24.5 Å². The number of amides is 1. The van der Waals surface area contributed by atoms with Gasteiger partial charge < -0.3 is 10.4 Å². The number of nitro groups is 1. The van der Waals surface area contributed by atoms with E-state index in [9.17, 15) is 28.4 Å². The normalized spacial score (nSPS) is 20.7. The van der Waals surface area contributed by atoms with Crippen LogP contribution in [-0.2, 0) is 14.6 Å². The molecular weight excluding hydrogens is 300 g/mol. The van der Waals surface area contributed by atoms with Crippen molar-refractivity contribution in [3.05, 3.63) is 28.3 Å². The molecule has 0 aliphatic carbocycles. The molecule has 1 atom stereocenters. The maximum atomic E-state index is 12.1. The summed E-state index contributed by atoms with van der Waals surface area (Å²) in [5.74, 6) is -1.40. The third-order valence-electron chi connectivity index (χ3n) is 3.34. The molecular formula is C12H14N2O6S. The largest absolute Gasteiger partial charge is 0.505 e. The van der Waals surface area contributed by atoms with Crippen LogP contribution in [0.25, 0.3) is 0 Å². The summed E-state index contributed by atoms with van der Waals surface area (Å²) in [5.41, 5.74) is -0.871. The molecule has 1 aromatic carbocycles. The van der Waals surface area contributed by atoms with E-state index < -0.39 is 37.4 Å². The Labute approximate surface area is 120 Å². The van der Waals surface area contributed by atoms with Crippen molar-refractivity contribution in [3.63, 3.8) is 0 Å². The highest BCUT2D eigenvalue weighted by atomic mass is 32.2. The molecule has 1 unspecified atom stereocenters. The number of anilines is 1. The number of nitrogens with one attached hydrogen (secondary N) is 1. The Morgan fingerprint density at radius 2 is 2.10 bits per heavy atom. The average molecular weight is 314 g/mol.